The summed E-state index contributed by atoms with van der Waals surface area (Å²) in [5.41, 5.74) is 1.95. The van der Waals surface area contributed by atoms with Gasteiger partial charge >= 0.3 is 0 Å². The van der Waals surface area contributed by atoms with Gasteiger partial charge in [-0.2, -0.15) is 0 Å². The Morgan fingerprint density at radius 3 is 2.13 bits per heavy atom. The fraction of sp³-hybridized carbons (Fsp3) is 0.583. The minimum Gasteiger partial charge on any atom is -0.393 e. The van der Waals surface area contributed by atoms with Crippen molar-refractivity contribution in [1.29, 1.82) is 0 Å². The second-order valence-corrected chi connectivity index (χ2v) is 4.28. The van der Waals surface area contributed by atoms with E-state index in [1.54, 1.807) is 19.1 Å². The maximum atomic E-state index is 11.2. The van der Waals surface area contributed by atoms with E-state index in [1.165, 1.54) is 0 Å². The van der Waals surface area contributed by atoms with Gasteiger partial charge in [-0.1, -0.05) is 0 Å². The molecular weight excluding hydrogens is 190 g/mol. The first-order chi connectivity index (χ1) is 6.91. The first-order valence-electron chi connectivity index (χ1n) is 5.29. The predicted molar refractivity (Wildman–Crippen MR) is 61.2 cm³/mol. The zero-order valence-corrected chi connectivity index (χ0v) is 9.82. The van der Waals surface area contributed by atoms with Crippen molar-refractivity contribution in [1.82, 2.24) is 4.57 Å². The Balaban J connectivity index is 3.08. The van der Waals surface area contributed by atoms with Crippen LogP contribution in [0.5, 0.6) is 0 Å². The number of aryl methyl sites for hydroxylation is 2. The average molecular weight is 209 g/mol. The monoisotopic (exact) mass is 209 g/mol. The molecule has 2 atom stereocenters. The molecule has 0 bridgehead atoms. The Kier molecular flexibility index (Phi) is 3.69. The summed E-state index contributed by atoms with van der Waals surface area (Å²) in [7, 11) is 0. The average Bonchev–Trinajstić information content (AvgIpc) is 1.99. The molecule has 0 aromatic carbocycles. The molecule has 1 rings (SSSR count). The van der Waals surface area contributed by atoms with E-state index in [-0.39, 0.29) is 17.6 Å². The number of pyridine rings is 1. The van der Waals surface area contributed by atoms with E-state index in [9.17, 15) is 9.90 Å². The first kappa shape index (κ1) is 12.0. The third kappa shape index (κ3) is 2.93. The van der Waals surface area contributed by atoms with Crippen LogP contribution in [0.25, 0.3) is 0 Å². The Labute approximate surface area is 90.4 Å². The van der Waals surface area contributed by atoms with Crippen LogP contribution in [0.4, 0.5) is 0 Å². The van der Waals surface area contributed by atoms with E-state index in [0.717, 1.165) is 11.4 Å². The van der Waals surface area contributed by atoms with Crippen LogP contribution < -0.4 is 5.43 Å². The third-order valence-corrected chi connectivity index (χ3v) is 2.59. The van der Waals surface area contributed by atoms with Crippen LogP contribution in [0.2, 0.25) is 0 Å². The van der Waals surface area contributed by atoms with E-state index < -0.39 is 0 Å². The summed E-state index contributed by atoms with van der Waals surface area (Å²) in [5, 5.41) is 9.35. The molecule has 3 heteroatoms. The molecule has 0 aliphatic rings. The molecule has 3 nitrogen and oxygen atoms in total. The topological polar surface area (TPSA) is 42.2 Å². The molecule has 1 heterocycles. The van der Waals surface area contributed by atoms with Gasteiger partial charge in [-0.25, -0.2) is 0 Å². The summed E-state index contributed by atoms with van der Waals surface area (Å²) in [6.07, 6.45) is 0.378. The Morgan fingerprint density at radius 1 is 1.27 bits per heavy atom. The van der Waals surface area contributed by atoms with Crippen molar-refractivity contribution < 1.29 is 5.11 Å². The summed E-state index contributed by atoms with van der Waals surface area (Å²) in [4.78, 5) is 11.2. The van der Waals surface area contributed by atoms with Gasteiger partial charge in [0, 0.05) is 29.6 Å². The van der Waals surface area contributed by atoms with E-state index in [4.69, 9.17) is 0 Å². The standard InChI is InChI=1S/C12H19NO2/c1-8(5-11(4)14)13-9(2)6-12(15)7-10(13)3/h6-8,11,14H,5H2,1-4H3. The van der Waals surface area contributed by atoms with E-state index >= 15 is 0 Å². The third-order valence-electron chi connectivity index (χ3n) is 2.59. The Bertz CT molecular complexity index is 367. The van der Waals surface area contributed by atoms with Crippen molar-refractivity contribution >= 4 is 0 Å². The number of aliphatic hydroxyl groups excluding tert-OH is 1. The summed E-state index contributed by atoms with van der Waals surface area (Å²) in [6, 6.07) is 3.47. The zero-order valence-electron chi connectivity index (χ0n) is 9.82. The van der Waals surface area contributed by atoms with E-state index in [2.05, 4.69) is 11.5 Å². The van der Waals surface area contributed by atoms with Gasteiger partial charge in [0.25, 0.3) is 0 Å². The van der Waals surface area contributed by atoms with E-state index in [0.29, 0.717) is 6.42 Å². The molecule has 0 spiro atoms. The first-order valence-corrected chi connectivity index (χ1v) is 5.29. The zero-order chi connectivity index (χ0) is 11.6. The van der Waals surface area contributed by atoms with Gasteiger partial charge in [-0.15, -0.1) is 0 Å². The molecule has 1 aromatic rings. The minimum absolute atomic E-state index is 0.0468. The molecular formula is C12H19NO2. The highest BCUT2D eigenvalue weighted by Gasteiger charge is 2.11. The maximum absolute atomic E-state index is 11.2. The SMILES string of the molecule is Cc1cc(=O)cc(C)n1C(C)CC(C)O. The molecule has 0 fully saturated rings. The predicted octanol–water partition coefficient (Wildman–Crippen LogP) is 1.80. The van der Waals surface area contributed by atoms with Gasteiger partial charge in [-0.3, -0.25) is 4.79 Å². The number of hydrogen-bond acceptors (Lipinski definition) is 2. The number of hydrogen-bond donors (Lipinski definition) is 1. The maximum Gasteiger partial charge on any atom is 0.182 e. The molecule has 0 saturated heterocycles. The van der Waals surface area contributed by atoms with Crippen LogP contribution in [0.15, 0.2) is 16.9 Å². The molecule has 0 amide bonds. The van der Waals surface area contributed by atoms with Crippen molar-refractivity contribution in [3.8, 4) is 0 Å². The Hall–Kier alpha value is -1.09. The Morgan fingerprint density at radius 2 is 1.73 bits per heavy atom. The second kappa shape index (κ2) is 4.62. The lowest BCUT2D eigenvalue weighted by molar-refractivity contribution is 0.164. The smallest absolute Gasteiger partial charge is 0.182 e. The molecule has 1 aromatic heterocycles. The van der Waals surface area contributed by atoms with Crippen LogP contribution in [0.3, 0.4) is 0 Å². The number of aromatic nitrogens is 1. The lowest BCUT2D eigenvalue weighted by atomic mass is 10.1. The van der Waals surface area contributed by atoms with Gasteiger partial charge in [0.05, 0.1) is 6.10 Å². The minimum atomic E-state index is -0.321. The van der Waals surface area contributed by atoms with Crippen molar-refractivity contribution in [3.05, 3.63) is 33.7 Å². The fourth-order valence-corrected chi connectivity index (χ4v) is 2.17. The quantitative estimate of drug-likeness (QED) is 0.824. The van der Waals surface area contributed by atoms with Gasteiger partial charge in [0.2, 0.25) is 0 Å². The molecule has 1 N–H and O–H groups in total. The van der Waals surface area contributed by atoms with Crippen molar-refractivity contribution in [2.24, 2.45) is 0 Å². The highest BCUT2D eigenvalue weighted by molar-refractivity contribution is 5.13. The summed E-state index contributed by atoms with van der Waals surface area (Å²) in [5.74, 6) is 0. The van der Waals surface area contributed by atoms with Crippen LogP contribution in [-0.4, -0.2) is 15.8 Å². The molecule has 0 aliphatic heterocycles. The fourth-order valence-electron chi connectivity index (χ4n) is 2.17. The lowest BCUT2D eigenvalue weighted by Gasteiger charge is -2.22. The molecule has 0 saturated carbocycles. The molecule has 0 aliphatic carbocycles. The van der Waals surface area contributed by atoms with Gasteiger partial charge < -0.3 is 9.67 Å². The number of aliphatic hydroxyl groups is 1. The molecule has 84 valence electrons. The molecule has 2 unspecified atom stereocenters. The van der Waals surface area contributed by atoms with Crippen LogP contribution >= 0.6 is 0 Å². The van der Waals surface area contributed by atoms with Crippen LogP contribution in [-0.2, 0) is 0 Å². The van der Waals surface area contributed by atoms with Gasteiger partial charge in [0.1, 0.15) is 0 Å². The molecule has 15 heavy (non-hydrogen) atoms. The van der Waals surface area contributed by atoms with Crippen LogP contribution in [0, 0.1) is 13.8 Å². The molecule has 0 radical (unpaired) electrons. The highest BCUT2D eigenvalue weighted by Crippen LogP contribution is 2.17. The summed E-state index contributed by atoms with van der Waals surface area (Å²) in [6.45, 7) is 7.68. The van der Waals surface area contributed by atoms with E-state index in [1.807, 2.05) is 13.8 Å². The van der Waals surface area contributed by atoms with Crippen LogP contribution in [0.1, 0.15) is 37.7 Å². The second-order valence-electron chi connectivity index (χ2n) is 4.28. The van der Waals surface area contributed by atoms with Gasteiger partial charge in [-0.05, 0) is 34.1 Å². The van der Waals surface area contributed by atoms with Crippen molar-refractivity contribution in [2.45, 2.75) is 46.3 Å². The largest absolute Gasteiger partial charge is 0.393 e. The summed E-state index contributed by atoms with van der Waals surface area (Å²) >= 11 is 0. The van der Waals surface area contributed by atoms with Crippen molar-refractivity contribution in [2.75, 3.05) is 0 Å². The van der Waals surface area contributed by atoms with Crippen molar-refractivity contribution in [3.63, 3.8) is 0 Å². The number of rotatable bonds is 3. The number of nitrogens with zero attached hydrogens (tertiary/aromatic N) is 1. The highest BCUT2D eigenvalue weighted by atomic mass is 16.3. The normalized spacial score (nSPS) is 15.0. The summed E-state index contributed by atoms with van der Waals surface area (Å²) < 4.78 is 2.09. The lowest BCUT2D eigenvalue weighted by Crippen LogP contribution is -2.19. The van der Waals surface area contributed by atoms with Gasteiger partial charge in [0.15, 0.2) is 5.43 Å².